The quantitative estimate of drug-likeness (QED) is 0.536. The van der Waals surface area contributed by atoms with Gasteiger partial charge in [0.2, 0.25) is 0 Å². The van der Waals surface area contributed by atoms with E-state index in [4.69, 9.17) is 10.5 Å². The van der Waals surface area contributed by atoms with Crippen LogP contribution in [0.1, 0.15) is 54.4 Å². The summed E-state index contributed by atoms with van der Waals surface area (Å²) in [6, 6.07) is 13.4. The molecule has 2 saturated heterocycles. The third kappa shape index (κ3) is 7.06. The van der Waals surface area contributed by atoms with E-state index in [2.05, 4.69) is 22.0 Å². The van der Waals surface area contributed by atoms with Gasteiger partial charge < -0.3 is 25.6 Å². The lowest BCUT2D eigenvalue weighted by Gasteiger charge is -2.40. The van der Waals surface area contributed by atoms with Crippen molar-refractivity contribution in [1.82, 2.24) is 14.8 Å². The number of ether oxygens (including phenoxy) is 1. The highest BCUT2D eigenvalue weighted by Gasteiger charge is 2.42. The second-order valence-corrected chi connectivity index (χ2v) is 10.3. The Morgan fingerprint density at radius 3 is 2.51 bits per heavy atom. The van der Waals surface area contributed by atoms with Crippen LogP contribution >= 0.6 is 0 Å². The number of pyridine rings is 1. The molecule has 1 amide bonds. The number of carbonyl (C=O) groups is 2. The first-order valence-electron chi connectivity index (χ1n) is 13.2. The molecule has 4 N–H and O–H groups in total. The highest BCUT2D eigenvalue weighted by molar-refractivity contribution is 5.94. The molecule has 0 saturated carbocycles. The number of aliphatic hydroxyl groups excluding tert-OH is 2. The number of amides is 1. The van der Waals surface area contributed by atoms with Crippen molar-refractivity contribution in [3.63, 3.8) is 0 Å². The number of nitrogens with two attached hydrogens (primary N) is 1. The van der Waals surface area contributed by atoms with E-state index < -0.39 is 17.6 Å². The molecule has 3 heterocycles. The number of cyclic esters (lactones) is 1. The summed E-state index contributed by atoms with van der Waals surface area (Å²) in [7, 11) is 0. The van der Waals surface area contributed by atoms with Crippen molar-refractivity contribution in [2.24, 2.45) is 5.41 Å². The molecule has 2 aliphatic rings. The van der Waals surface area contributed by atoms with Gasteiger partial charge in [-0.3, -0.25) is 14.5 Å². The number of likely N-dealkylation sites (tertiary alicyclic amines) is 1. The molecule has 1 spiro atoms. The Kier molecular flexibility index (Phi) is 9.13. The summed E-state index contributed by atoms with van der Waals surface area (Å²) in [5.41, 5.74) is 6.82. The zero-order valence-electron chi connectivity index (χ0n) is 21.3. The van der Waals surface area contributed by atoms with Gasteiger partial charge in [-0.2, -0.15) is 0 Å². The molecule has 4 rings (SSSR count). The Bertz CT molecular complexity index is 1040. The number of anilines is 1. The lowest BCUT2D eigenvalue weighted by Crippen LogP contribution is -2.45. The fourth-order valence-corrected chi connectivity index (χ4v) is 5.29. The van der Waals surface area contributed by atoms with Crippen LogP contribution in [0.25, 0.3) is 0 Å². The van der Waals surface area contributed by atoms with Crippen LogP contribution in [0, 0.1) is 5.41 Å². The summed E-state index contributed by atoms with van der Waals surface area (Å²) in [5.74, 6) is -0.220. The minimum Gasteiger partial charge on any atom is -0.462 e. The SMILES string of the molecule is Nc1cc(C(=O)N2CCCCC3(CCN(Cc4ccccc4)CC3)C(=O)OC[C@@H](O)[C@@H](O)CC2)ccn1. The van der Waals surface area contributed by atoms with Gasteiger partial charge in [-0.25, -0.2) is 4.98 Å². The molecule has 1 aromatic carbocycles. The van der Waals surface area contributed by atoms with E-state index in [-0.39, 0.29) is 37.3 Å². The molecule has 9 nitrogen and oxygen atoms in total. The summed E-state index contributed by atoms with van der Waals surface area (Å²) >= 11 is 0. The highest BCUT2D eigenvalue weighted by atomic mass is 16.5. The first-order valence-corrected chi connectivity index (χ1v) is 13.2. The summed E-state index contributed by atoms with van der Waals surface area (Å²) in [6.07, 6.45) is 2.84. The highest BCUT2D eigenvalue weighted by Crippen LogP contribution is 2.38. The molecule has 37 heavy (non-hydrogen) atoms. The van der Waals surface area contributed by atoms with Gasteiger partial charge in [-0.1, -0.05) is 36.8 Å². The number of aromatic nitrogens is 1. The van der Waals surface area contributed by atoms with Crippen molar-refractivity contribution in [2.45, 2.75) is 57.3 Å². The Hall–Kier alpha value is -3.01. The Balaban J connectivity index is 1.43. The van der Waals surface area contributed by atoms with Crippen LogP contribution in [0.4, 0.5) is 5.82 Å². The molecule has 0 radical (unpaired) electrons. The van der Waals surface area contributed by atoms with Crippen molar-refractivity contribution < 1.29 is 24.5 Å². The van der Waals surface area contributed by atoms with Crippen molar-refractivity contribution in [2.75, 3.05) is 38.5 Å². The Labute approximate surface area is 218 Å². The van der Waals surface area contributed by atoms with Crippen molar-refractivity contribution in [1.29, 1.82) is 0 Å². The van der Waals surface area contributed by atoms with Gasteiger partial charge in [-0.15, -0.1) is 0 Å². The lowest BCUT2D eigenvalue weighted by molar-refractivity contribution is -0.165. The normalized spacial score (nSPS) is 23.9. The number of nitrogens with zero attached hydrogens (tertiary/aromatic N) is 3. The molecule has 2 aromatic rings. The van der Waals surface area contributed by atoms with Crippen LogP contribution in [0.5, 0.6) is 0 Å². The molecule has 0 unspecified atom stereocenters. The number of piperidine rings is 1. The first-order chi connectivity index (χ1) is 17.9. The van der Waals surface area contributed by atoms with Gasteiger partial charge in [0.15, 0.2) is 0 Å². The lowest BCUT2D eigenvalue weighted by atomic mass is 9.74. The van der Waals surface area contributed by atoms with Gasteiger partial charge in [0.1, 0.15) is 18.5 Å². The summed E-state index contributed by atoms with van der Waals surface area (Å²) in [4.78, 5) is 34.4. The van der Waals surface area contributed by atoms with E-state index >= 15 is 0 Å². The maximum absolute atomic E-state index is 13.3. The molecule has 200 valence electrons. The predicted octanol–water partition coefficient (Wildman–Crippen LogP) is 2.23. The maximum atomic E-state index is 13.3. The number of rotatable bonds is 3. The molecular weight excluding hydrogens is 472 g/mol. The van der Waals surface area contributed by atoms with Gasteiger partial charge in [0, 0.05) is 31.4 Å². The molecule has 2 fully saturated rings. The number of hydrogen-bond donors (Lipinski definition) is 3. The van der Waals surface area contributed by atoms with Crippen molar-refractivity contribution in [3.05, 3.63) is 59.8 Å². The first kappa shape index (κ1) is 27.0. The maximum Gasteiger partial charge on any atom is 0.312 e. The Morgan fingerprint density at radius 1 is 1.03 bits per heavy atom. The van der Waals surface area contributed by atoms with E-state index in [0.29, 0.717) is 37.8 Å². The number of esters is 1. The minimum absolute atomic E-state index is 0.171. The van der Waals surface area contributed by atoms with E-state index in [9.17, 15) is 19.8 Å². The zero-order chi connectivity index (χ0) is 26.3. The van der Waals surface area contributed by atoms with E-state index in [1.54, 1.807) is 17.0 Å². The van der Waals surface area contributed by atoms with Gasteiger partial charge in [0.25, 0.3) is 5.91 Å². The molecule has 2 atom stereocenters. The second-order valence-electron chi connectivity index (χ2n) is 10.3. The van der Waals surface area contributed by atoms with Gasteiger partial charge >= 0.3 is 5.97 Å². The van der Waals surface area contributed by atoms with E-state index in [0.717, 1.165) is 26.1 Å². The number of hydrogen-bond acceptors (Lipinski definition) is 8. The van der Waals surface area contributed by atoms with Crippen molar-refractivity contribution in [3.8, 4) is 0 Å². The average molecular weight is 511 g/mol. The summed E-state index contributed by atoms with van der Waals surface area (Å²) in [6.45, 7) is 2.90. The summed E-state index contributed by atoms with van der Waals surface area (Å²) in [5, 5.41) is 21.0. The standard InChI is InChI=1S/C28H38N4O5/c29-25-18-22(8-13-30-25)26(35)32-14-5-4-10-28(27(36)37-20-24(34)23(33)9-15-32)11-16-31(17-12-28)19-21-6-2-1-3-7-21/h1-3,6-8,13,18,23-24,33-34H,4-5,9-12,14-17,19-20H2,(H2,29,30)/t23-,24+/m0/s1. The predicted molar refractivity (Wildman–Crippen MR) is 139 cm³/mol. The second kappa shape index (κ2) is 12.5. The van der Waals surface area contributed by atoms with Gasteiger partial charge in [0.05, 0.1) is 11.5 Å². The fourth-order valence-electron chi connectivity index (χ4n) is 5.29. The number of benzene rings is 1. The van der Waals surface area contributed by atoms with E-state index in [1.807, 2.05) is 18.2 Å². The number of nitrogen functional groups attached to an aromatic ring is 1. The van der Waals surface area contributed by atoms with Crippen molar-refractivity contribution >= 4 is 17.7 Å². The topological polar surface area (TPSA) is 129 Å². The number of carbonyl (C=O) groups excluding carboxylic acids is 2. The molecule has 9 heteroatoms. The molecule has 2 aliphatic heterocycles. The molecule has 0 aliphatic carbocycles. The van der Waals surface area contributed by atoms with Crippen LogP contribution < -0.4 is 5.73 Å². The smallest absolute Gasteiger partial charge is 0.312 e. The largest absolute Gasteiger partial charge is 0.462 e. The van der Waals surface area contributed by atoms with Crippen LogP contribution in [0.15, 0.2) is 48.7 Å². The third-order valence-electron chi connectivity index (χ3n) is 7.67. The zero-order valence-corrected chi connectivity index (χ0v) is 21.3. The van der Waals surface area contributed by atoms with Crippen LogP contribution in [0.3, 0.4) is 0 Å². The van der Waals surface area contributed by atoms with Gasteiger partial charge in [-0.05, 0) is 62.9 Å². The van der Waals surface area contributed by atoms with E-state index in [1.165, 1.54) is 11.8 Å². The minimum atomic E-state index is -1.21. The molecule has 1 aromatic heterocycles. The molecular formula is C28H38N4O5. The van der Waals surface area contributed by atoms with Crippen LogP contribution in [-0.2, 0) is 16.1 Å². The third-order valence-corrected chi connectivity index (χ3v) is 7.67. The van der Waals surface area contributed by atoms with Crippen LogP contribution in [0.2, 0.25) is 0 Å². The monoisotopic (exact) mass is 510 g/mol. The Morgan fingerprint density at radius 2 is 1.78 bits per heavy atom. The fraction of sp³-hybridized carbons (Fsp3) is 0.536. The molecule has 0 bridgehead atoms. The number of aliphatic hydroxyl groups is 2. The average Bonchev–Trinajstić information content (AvgIpc) is 2.92. The van der Waals surface area contributed by atoms with Crippen LogP contribution in [-0.4, -0.2) is 81.9 Å². The summed E-state index contributed by atoms with van der Waals surface area (Å²) < 4.78 is 5.57.